The molecule has 0 atom stereocenters. The van der Waals surface area contributed by atoms with E-state index in [4.69, 9.17) is 4.74 Å². The molecule has 1 aromatic rings. The number of unbranched alkanes of at least 4 members (excludes halogenated alkanes) is 10. The molecule has 3 heteroatoms. The maximum atomic E-state index is 12.8. The first-order valence-corrected chi connectivity index (χ1v) is 9.16. The average Bonchev–Trinajstić information content (AvgIpc) is 2.56. The molecular weight excluding hydrogens is 291 g/mol. The normalized spacial score (nSPS) is 10.7. The maximum Gasteiger partial charge on any atom is 0.338 e. The summed E-state index contributed by atoms with van der Waals surface area (Å²) < 4.78 is 17.9. The monoisotopic (exact) mass is 322 g/mol. The molecule has 0 fully saturated rings. The van der Waals surface area contributed by atoms with Crippen LogP contribution < -0.4 is 0 Å². The van der Waals surface area contributed by atoms with Crippen LogP contribution >= 0.6 is 0 Å². The minimum Gasteiger partial charge on any atom is -0.462 e. The number of ether oxygens (including phenoxy) is 1. The Morgan fingerprint density at radius 3 is 1.83 bits per heavy atom. The molecule has 0 aliphatic carbocycles. The van der Waals surface area contributed by atoms with E-state index in [1.165, 1.54) is 82.1 Å². The fourth-order valence-electron chi connectivity index (χ4n) is 2.60. The van der Waals surface area contributed by atoms with E-state index >= 15 is 0 Å². The predicted molar refractivity (Wildman–Crippen MR) is 93.1 cm³/mol. The molecule has 130 valence electrons. The lowest BCUT2D eigenvalue weighted by Gasteiger charge is -2.05. The number of halogens is 1. The van der Waals surface area contributed by atoms with Crippen molar-refractivity contribution in [2.75, 3.05) is 6.61 Å². The fourth-order valence-corrected chi connectivity index (χ4v) is 2.60. The second-order valence-corrected chi connectivity index (χ2v) is 6.18. The Hall–Kier alpha value is -1.38. The standard InChI is InChI=1S/C20H31FO2/c1-2-3-4-5-6-7-8-9-10-11-12-17-23-20(22)18-13-15-19(21)16-14-18/h13-16H,2-12,17H2,1H3. The molecule has 0 saturated heterocycles. The van der Waals surface area contributed by atoms with Crippen LogP contribution in [0.4, 0.5) is 4.39 Å². The van der Waals surface area contributed by atoms with Crippen molar-refractivity contribution in [2.24, 2.45) is 0 Å². The number of esters is 1. The summed E-state index contributed by atoms with van der Waals surface area (Å²) in [5.74, 6) is -0.705. The van der Waals surface area contributed by atoms with Crippen LogP contribution in [0.15, 0.2) is 24.3 Å². The van der Waals surface area contributed by atoms with E-state index in [0.29, 0.717) is 12.2 Å². The zero-order chi connectivity index (χ0) is 16.8. The van der Waals surface area contributed by atoms with Crippen LogP contribution in [0.25, 0.3) is 0 Å². The van der Waals surface area contributed by atoms with Gasteiger partial charge in [0.15, 0.2) is 0 Å². The number of carbonyl (C=O) groups is 1. The Labute approximate surface area is 140 Å². The Kier molecular flexibility index (Phi) is 11.2. The highest BCUT2D eigenvalue weighted by Gasteiger charge is 2.06. The summed E-state index contributed by atoms with van der Waals surface area (Å²) in [6.07, 6.45) is 14.0. The maximum absolute atomic E-state index is 12.8. The highest BCUT2D eigenvalue weighted by atomic mass is 19.1. The van der Waals surface area contributed by atoms with E-state index in [1.54, 1.807) is 0 Å². The molecule has 1 rings (SSSR count). The van der Waals surface area contributed by atoms with Crippen LogP contribution in [0.5, 0.6) is 0 Å². The summed E-state index contributed by atoms with van der Waals surface area (Å²) in [7, 11) is 0. The number of rotatable bonds is 13. The lowest BCUT2D eigenvalue weighted by atomic mass is 10.1. The van der Waals surface area contributed by atoms with Gasteiger partial charge in [-0.3, -0.25) is 0 Å². The molecule has 0 saturated carbocycles. The molecule has 1 aromatic carbocycles. The molecule has 0 aliphatic heterocycles. The van der Waals surface area contributed by atoms with E-state index in [-0.39, 0.29) is 11.8 Å². The highest BCUT2D eigenvalue weighted by Crippen LogP contribution is 2.11. The quantitative estimate of drug-likeness (QED) is 0.315. The predicted octanol–water partition coefficient (Wildman–Crippen LogP) is 6.29. The van der Waals surface area contributed by atoms with Crippen molar-refractivity contribution in [3.63, 3.8) is 0 Å². The van der Waals surface area contributed by atoms with Gasteiger partial charge >= 0.3 is 5.97 Å². The summed E-state index contributed by atoms with van der Waals surface area (Å²) in [5.41, 5.74) is 0.412. The molecule has 2 nitrogen and oxygen atoms in total. The zero-order valence-electron chi connectivity index (χ0n) is 14.5. The number of benzene rings is 1. The van der Waals surface area contributed by atoms with E-state index < -0.39 is 0 Å². The molecule has 0 aliphatic rings. The SMILES string of the molecule is CCCCCCCCCCCCCOC(=O)c1ccc(F)cc1. The third-order valence-electron chi connectivity index (χ3n) is 4.06. The van der Waals surface area contributed by atoms with Gasteiger partial charge in [-0.1, -0.05) is 71.1 Å². The molecule has 0 unspecified atom stereocenters. The first kappa shape index (κ1) is 19.7. The van der Waals surface area contributed by atoms with Gasteiger partial charge in [0.05, 0.1) is 12.2 Å². The van der Waals surface area contributed by atoms with Crippen LogP contribution in [0.3, 0.4) is 0 Å². The lowest BCUT2D eigenvalue weighted by molar-refractivity contribution is 0.0497. The topological polar surface area (TPSA) is 26.3 Å². The van der Waals surface area contributed by atoms with Gasteiger partial charge in [-0.15, -0.1) is 0 Å². The minimum atomic E-state index is -0.364. The average molecular weight is 322 g/mol. The molecule has 0 amide bonds. The Morgan fingerprint density at radius 2 is 1.30 bits per heavy atom. The minimum absolute atomic E-state index is 0.341. The molecule has 0 N–H and O–H groups in total. The number of hydrogen-bond acceptors (Lipinski definition) is 2. The molecule has 0 aromatic heterocycles. The van der Waals surface area contributed by atoms with Gasteiger partial charge in [0.2, 0.25) is 0 Å². The van der Waals surface area contributed by atoms with Crippen molar-refractivity contribution >= 4 is 5.97 Å². The molecule has 0 heterocycles. The van der Waals surface area contributed by atoms with Crippen molar-refractivity contribution in [3.8, 4) is 0 Å². The van der Waals surface area contributed by atoms with Crippen molar-refractivity contribution in [3.05, 3.63) is 35.6 Å². The van der Waals surface area contributed by atoms with Crippen LogP contribution in [-0.2, 0) is 4.74 Å². The van der Waals surface area contributed by atoms with E-state index in [9.17, 15) is 9.18 Å². The van der Waals surface area contributed by atoms with Crippen molar-refractivity contribution in [2.45, 2.75) is 77.6 Å². The highest BCUT2D eigenvalue weighted by molar-refractivity contribution is 5.89. The third kappa shape index (κ3) is 10.1. The second kappa shape index (κ2) is 13.1. The van der Waals surface area contributed by atoms with Gasteiger partial charge in [-0.05, 0) is 30.7 Å². The smallest absolute Gasteiger partial charge is 0.338 e. The van der Waals surface area contributed by atoms with Crippen LogP contribution in [-0.4, -0.2) is 12.6 Å². The molecule has 23 heavy (non-hydrogen) atoms. The van der Waals surface area contributed by atoms with Crippen LogP contribution in [0.2, 0.25) is 0 Å². The van der Waals surface area contributed by atoms with Crippen molar-refractivity contribution < 1.29 is 13.9 Å². The van der Waals surface area contributed by atoms with Gasteiger partial charge in [0.1, 0.15) is 5.82 Å². The number of carbonyl (C=O) groups excluding carboxylic acids is 1. The van der Waals surface area contributed by atoms with Gasteiger partial charge in [-0.2, -0.15) is 0 Å². The van der Waals surface area contributed by atoms with Gasteiger partial charge in [-0.25, -0.2) is 9.18 Å². The molecule has 0 bridgehead atoms. The summed E-state index contributed by atoms with van der Waals surface area (Å²) in [4.78, 5) is 11.7. The summed E-state index contributed by atoms with van der Waals surface area (Å²) in [5, 5.41) is 0. The third-order valence-corrected chi connectivity index (χ3v) is 4.06. The van der Waals surface area contributed by atoms with Crippen LogP contribution in [0, 0.1) is 5.82 Å². The van der Waals surface area contributed by atoms with E-state index in [0.717, 1.165) is 12.8 Å². The summed E-state index contributed by atoms with van der Waals surface area (Å²) >= 11 is 0. The van der Waals surface area contributed by atoms with Gasteiger partial charge < -0.3 is 4.74 Å². The van der Waals surface area contributed by atoms with Crippen LogP contribution in [0.1, 0.15) is 87.9 Å². The van der Waals surface area contributed by atoms with E-state index in [1.807, 2.05) is 0 Å². The Balaban J connectivity index is 1.89. The summed E-state index contributed by atoms with van der Waals surface area (Å²) in [6, 6.07) is 5.47. The van der Waals surface area contributed by atoms with Crippen molar-refractivity contribution in [1.29, 1.82) is 0 Å². The van der Waals surface area contributed by atoms with Crippen molar-refractivity contribution in [1.82, 2.24) is 0 Å². The lowest BCUT2D eigenvalue weighted by Crippen LogP contribution is -2.06. The largest absolute Gasteiger partial charge is 0.462 e. The number of hydrogen-bond donors (Lipinski definition) is 0. The molecule has 0 spiro atoms. The van der Waals surface area contributed by atoms with Gasteiger partial charge in [0, 0.05) is 0 Å². The summed E-state index contributed by atoms with van der Waals surface area (Å²) in [6.45, 7) is 2.70. The Morgan fingerprint density at radius 1 is 0.826 bits per heavy atom. The van der Waals surface area contributed by atoms with Gasteiger partial charge in [0.25, 0.3) is 0 Å². The first-order valence-electron chi connectivity index (χ1n) is 9.16. The Bertz CT molecular complexity index is 414. The first-order chi connectivity index (χ1) is 11.2. The zero-order valence-corrected chi connectivity index (χ0v) is 14.5. The molecular formula is C20H31FO2. The second-order valence-electron chi connectivity index (χ2n) is 6.18. The fraction of sp³-hybridized carbons (Fsp3) is 0.650. The molecule has 0 radical (unpaired) electrons. The van der Waals surface area contributed by atoms with E-state index in [2.05, 4.69) is 6.92 Å².